The lowest BCUT2D eigenvalue weighted by Gasteiger charge is -2.16. The van der Waals surface area contributed by atoms with Crippen LogP contribution in [0.4, 0.5) is 13.2 Å². The Hall–Kier alpha value is -0.250. The maximum atomic E-state index is 12.2. The second-order valence-corrected chi connectivity index (χ2v) is 1.93. The first-order chi connectivity index (χ1) is 4.59. The molecule has 2 atom stereocenters. The average Bonchev–Trinajstić information content (AvgIpc) is 1.81. The van der Waals surface area contributed by atoms with Gasteiger partial charge in [-0.25, -0.2) is 13.2 Å². The Balaban J connectivity index is 3.73. The zero-order valence-corrected chi connectivity index (χ0v) is 5.98. The predicted molar refractivity (Wildman–Crippen MR) is 32.0 cm³/mol. The molecule has 0 rings (SSSR count). The van der Waals surface area contributed by atoms with Crippen LogP contribution in [0.3, 0.4) is 0 Å². The Morgan fingerprint density at radius 1 is 1.30 bits per heavy atom. The van der Waals surface area contributed by atoms with Gasteiger partial charge in [-0.05, 0) is 13.8 Å². The molecule has 0 N–H and O–H groups in total. The van der Waals surface area contributed by atoms with Crippen molar-refractivity contribution < 1.29 is 17.9 Å². The lowest BCUT2D eigenvalue weighted by molar-refractivity contribution is -0.0844. The van der Waals surface area contributed by atoms with Crippen molar-refractivity contribution in [3.05, 3.63) is 0 Å². The van der Waals surface area contributed by atoms with E-state index in [-0.39, 0.29) is 6.61 Å². The van der Waals surface area contributed by atoms with Crippen molar-refractivity contribution in [2.75, 3.05) is 6.61 Å². The van der Waals surface area contributed by atoms with Crippen molar-refractivity contribution in [2.45, 2.75) is 32.5 Å². The highest BCUT2D eigenvalue weighted by molar-refractivity contribution is 4.66. The average molecular weight is 156 g/mol. The molecule has 0 aliphatic rings. The Kier molecular flexibility index (Phi) is 4.43. The minimum Gasteiger partial charge on any atom is -0.370 e. The van der Waals surface area contributed by atoms with Gasteiger partial charge in [0.2, 0.25) is 0 Å². The molecule has 0 fully saturated rings. The lowest BCUT2D eigenvalue weighted by atomic mass is 10.2. The van der Waals surface area contributed by atoms with E-state index in [0.29, 0.717) is 0 Å². The van der Waals surface area contributed by atoms with Gasteiger partial charge in [-0.1, -0.05) is 0 Å². The van der Waals surface area contributed by atoms with Gasteiger partial charge in [0.1, 0.15) is 12.3 Å². The smallest absolute Gasteiger partial charge is 0.267 e. The molecule has 0 bridgehead atoms. The predicted octanol–water partition coefficient (Wildman–Crippen LogP) is 2.01. The maximum absolute atomic E-state index is 12.2. The number of hydrogen-bond donors (Lipinski definition) is 0. The van der Waals surface area contributed by atoms with Crippen LogP contribution in [0.5, 0.6) is 0 Å². The Morgan fingerprint density at radius 2 is 1.80 bits per heavy atom. The van der Waals surface area contributed by atoms with E-state index in [1.807, 2.05) is 0 Å². The minimum atomic E-state index is -2.74. The fourth-order valence-corrected chi connectivity index (χ4v) is 0.598. The summed E-state index contributed by atoms with van der Waals surface area (Å²) in [5, 5.41) is 0. The lowest BCUT2D eigenvalue weighted by Crippen LogP contribution is -2.30. The van der Waals surface area contributed by atoms with Gasteiger partial charge < -0.3 is 4.74 Å². The summed E-state index contributed by atoms with van der Waals surface area (Å²) >= 11 is 0. The Bertz CT molecular complexity index is 77.1. The van der Waals surface area contributed by atoms with Crippen LogP contribution in [0, 0.1) is 0 Å². The highest BCUT2D eigenvalue weighted by atomic mass is 19.3. The monoisotopic (exact) mass is 156 g/mol. The number of rotatable bonds is 4. The molecule has 0 aromatic heterocycles. The van der Waals surface area contributed by atoms with Gasteiger partial charge >= 0.3 is 0 Å². The molecule has 0 aliphatic heterocycles. The zero-order valence-electron chi connectivity index (χ0n) is 5.98. The van der Waals surface area contributed by atoms with E-state index in [0.717, 1.165) is 6.92 Å². The van der Waals surface area contributed by atoms with Gasteiger partial charge in [-0.15, -0.1) is 0 Å². The first kappa shape index (κ1) is 9.75. The van der Waals surface area contributed by atoms with Crippen LogP contribution in [0.25, 0.3) is 0 Å². The fraction of sp³-hybridized carbons (Fsp3) is 1.00. The van der Waals surface area contributed by atoms with Crippen LogP contribution in [0.15, 0.2) is 0 Å². The first-order valence-corrected chi connectivity index (χ1v) is 3.13. The minimum absolute atomic E-state index is 0.114. The summed E-state index contributed by atoms with van der Waals surface area (Å²) in [5.74, 6) is 0. The first-order valence-electron chi connectivity index (χ1n) is 3.13. The van der Waals surface area contributed by atoms with Crippen molar-refractivity contribution in [1.29, 1.82) is 0 Å². The summed E-state index contributed by atoms with van der Waals surface area (Å²) in [5.41, 5.74) is 0. The third-order valence-corrected chi connectivity index (χ3v) is 1.06. The van der Waals surface area contributed by atoms with Gasteiger partial charge in [0.25, 0.3) is 6.43 Å². The van der Waals surface area contributed by atoms with Crippen molar-refractivity contribution in [2.24, 2.45) is 0 Å². The van der Waals surface area contributed by atoms with Crippen LogP contribution in [-0.4, -0.2) is 25.3 Å². The van der Waals surface area contributed by atoms with Crippen LogP contribution in [0.2, 0.25) is 0 Å². The molecular formula is C6H11F3O. The van der Waals surface area contributed by atoms with Crippen molar-refractivity contribution in [3.63, 3.8) is 0 Å². The molecule has 0 radical (unpaired) electrons. The molecule has 2 unspecified atom stereocenters. The normalized spacial score (nSPS) is 17.4. The fourth-order valence-electron chi connectivity index (χ4n) is 0.598. The highest BCUT2D eigenvalue weighted by Crippen LogP contribution is 2.12. The standard InChI is InChI=1S/C6H11F3O/c1-3-10-5(4(2)7)6(8)9/h4-6H,3H2,1-2H3. The Morgan fingerprint density at radius 3 is 1.90 bits per heavy atom. The van der Waals surface area contributed by atoms with Crippen molar-refractivity contribution in [3.8, 4) is 0 Å². The molecule has 0 aliphatic carbocycles. The van der Waals surface area contributed by atoms with E-state index in [9.17, 15) is 13.2 Å². The molecule has 10 heavy (non-hydrogen) atoms. The molecule has 0 aromatic carbocycles. The van der Waals surface area contributed by atoms with Gasteiger partial charge in [-0.2, -0.15) is 0 Å². The van der Waals surface area contributed by atoms with Crippen LogP contribution in [-0.2, 0) is 4.74 Å². The second kappa shape index (κ2) is 4.55. The largest absolute Gasteiger partial charge is 0.370 e. The van der Waals surface area contributed by atoms with E-state index >= 15 is 0 Å². The van der Waals surface area contributed by atoms with E-state index < -0.39 is 18.7 Å². The molecule has 0 aromatic rings. The summed E-state index contributed by atoms with van der Waals surface area (Å²) in [6.07, 6.45) is -5.91. The summed E-state index contributed by atoms with van der Waals surface area (Å²) < 4.78 is 40.2. The van der Waals surface area contributed by atoms with Crippen molar-refractivity contribution in [1.82, 2.24) is 0 Å². The summed E-state index contributed by atoms with van der Waals surface area (Å²) in [6, 6.07) is 0. The third-order valence-electron chi connectivity index (χ3n) is 1.06. The molecule has 62 valence electrons. The van der Waals surface area contributed by atoms with E-state index in [2.05, 4.69) is 4.74 Å². The molecule has 0 heterocycles. The van der Waals surface area contributed by atoms with Gasteiger partial charge in [-0.3, -0.25) is 0 Å². The molecule has 0 saturated heterocycles. The van der Waals surface area contributed by atoms with E-state index in [1.54, 1.807) is 6.92 Å². The number of halogens is 3. The molecular weight excluding hydrogens is 145 g/mol. The third kappa shape index (κ3) is 3.06. The number of hydrogen-bond acceptors (Lipinski definition) is 1. The Labute approximate surface area is 58.2 Å². The molecule has 1 nitrogen and oxygen atoms in total. The maximum Gasteiger partial charge on any atom is 0.267 e. The SMILES string of the molecule is CCOC(C(C)F)C(F)F. The molecule has 0 amide bonds. The quantitative estimate of drug-likeness (QED) is 0.605. The summed E-state index contributed by atoms with van der Waals surface area (Å²) in [7, 11) is 0. The van der Waals surface area contributed by atoms with Gasteiger partial charge in [0.15, 0.2) is 0 Å². The van der Waals surface area contributed by atoms with Crippen molar-refractivity contribution >= 4 is 0 Å². The van der Waals surface area contributed by atoms with Gasteiger partial charge in [0.05, 0.1) is 0 Å². The highest BCUT2D eigenvalue weighted by Gasteiger charge is 2.26. The zero-order chi connectivity index (χ0) is 8.15. The number of alkyl halides is 3. The summed E-state index contributed by atoms with van der Waals surface area (Å²) in [6.45, 7) is 2.73. The molecule has 0 saturated carbocycles. The second-order valence-electron chi connectivity index (χ2n) is 1.93. The topological polar surface area (TPSA) is 9.23 Å². The summed E-state index contributed by atoms with van der Waals surface area (Å²) in [4.78, 5) is 0. The molecule has 0 spiro atoms. The van der Waals surface area contributed by atoms with E-state index in [1.165, 1.54) is 0 Å². The van der Waals surface area contributed by atoms with Gasteiger partial charge in [0, 0.05) is 6.61 Å². The van der Waals surface area contributed by atoms with Crippen LogP contribution >= 0.6 is 0 Å². The van der Waals surface area contributed by atoms with E-state index in [4.69, 9.17) is 0 Å². The number of ether oxygens (including phenoxy) is 1. The van der Waals surface area contributed by atoms with Crippen LogP contribution < -0.4 is 0 Å². The van der Waals surface area contributed by atoms with Crippen LogP contribution in [0.1, 0.15) is 13.8 Å². The molecule has 4 heteroatoms.